The summed E-state index contributed by atoms with van der Waals surface area (Å²) >= 11 is 4.32. The van der Waals surface area contributed by atoms with Crippen LogP contribution in [-0.2, 0) is 4.79 Å². The molecule has 1 fully saturated rings. The van der Waals surface area contributed by atoms with Gasteiger partial charge in [0.25, 0.3) is 0 Å². The second-order valence-electron chi connectivity index (χ2n) is 5.30. The van der Waals surface area contributed by atoms with Gasteiger partial charge in [0.15, 0.2) is 0 Å². The third-order valence-corrected chi connectivity index (χ3v) is 4.15. The molecule has 0 aromatic carbocycles. The first-order chi connectivity index (χ1) is 7.62. The van der Waals surface area contributed by atoms with Crippen LogP contribution in [0.5, 0.6) is 0 Å². The molecule has 0 bridgehead atoms. The van der Waals surface area contributed by atoms with Gasteiger partial charge in [0.2, 0.25) is 5.91 Å². The number of hydrogen-bond acceptors (Lipinski definition) is 2. The standard InChI is InChI=1S/C13H25NOS/c1-3-4-5-6-11(2)14-12(15)9-13(10-16)7-8-13/h11,16H,3-10H2,1-2H3,(H,14,15). The second kappa shape index (κ2) is 6.53. The summed E-state index contributed by atoms with van der Waals surface area (Å²) in [5, 5.41) is 3.10. The summed E-state index contributed by atoms with van der Waals surface area (Å²) in [7, 11) is 0. The topological polar surface area (TPSA) is 29.1 Å². The SMILES string of the molecule is CCCCCC(C)NC(=O)CC1(CS)CC1. The number of hydrogen-bond donors (Lipinski definition) is 2. The molecule has 1 aliphatic carbocycles. The normalized spacial score (nSPS) is 19.2. The van der Waals surface area contributed by atoms with Crippen molar-refractivity contribution < 1.29 is 4.79 Å². The van der Waals surface area contributed by atoms with Crippen LogP contribution >= 0.6 is 12.6 Å². The fraction of sp³-hybridized carbons (Fsp3) is 0.923. The molecule has 1 rings (SSSR count). The monoisotopic (exact) mass is 243 g/mol. The number of carbonyl (C=O) groups is 1. The highest BCUT2D eigenvalue weighted by atomic mass is 32.1. The molecule has 0 aliphatic heterocycles. The zero-order valence-corrected chi connectivity index (χ0v) is 11.5. The van der Waals surface area contributed by atoms with Gasteiger partial charge in [-0.25, -0.2) is 0 Å². The van der Waals surface area contributed by atoms with Crippen LogP contribution in [0.1, 0.15) is 58.8 Å². The molecule has 1 aliphatic rings. The maximum Gasteiger partial charge on any atom is 0.220 e. The molecule has 0 radical (unpaired) electrons. The van der Waals surface area contributed by atoms with E-state index >= 15 is 0 Å². The molecule has 16 heavy (non-hydrogen) atoms. The van der Waals surface area contributed by atoms with Crippen molar-refractivity contribution in [1.29, 1.82) is 0 Å². The van der Waals surface area contributed by atoms with Crippen molar-refractivity contribution in [1.82, 2.24) is 5.32 Å². The van der Waals surface area contributed by atoms with Crippen molar-refractivity contribution in [3.05, 3.63) is 0 Å². The smallest absolute Gasteiger partial charge is 0.220 e. The van der Waals surface area contributed by atoms with E-state index < -0.39 is 0 Å². The van der Waals surface area contributed by atoms with Gasteiger partial charge in [-0.1, -0.05) is 26.2 Å². The summed E-state index contributed by atoms with van der Waals surface area (Å²) in [6, 6.07) is 0.328. The van der Waals surface area contributed by atoms with Gasteiger partial charge < -0.3 is 5.32 Å². The van der Waals surface area contributed by atoms with Crippen LogP contribution in [0.2, 0.25) is 0 Å². The lowest BCUT2D eigenvalue weighted by Crippen LogP contribution is -2.34. The average Bonchev–Trinajstić information content (AvgIpc) is 2.98. The molecule has 0 aromatic heterocycles. The molecule has 0 heterocycles. The van der Waals surface area contributed by atoms with Gasteiger partial charge >= 0.3 is 0 Å². The van der Waals surface area contributed by atoms with Gasteiger partial charge in [0.05, 0.1) is 0 Å². The van der Waals surface area contributed by atoms with E-state index in [1.54, 1.807) is 0 Å². The van der Waals surface area contributed by atoms with Crippen LogP contribution < -0.4 is 5.32 Å². The minimum atomic E-state index is 0.218. The number of rotatable bonds is 8. The van der Waals surface area contributed by atoms with E-state index in [2.05, 4.69) is 31.8 Å². The Hall–Kier alpha value is -0.180. The summed E-state index contributed by atoms with van der Waals surface area (Å²) in [6.45, 7) is 4.31. The molecular formula is C13H25NOS. The van der Waals surface area contributed by atoms with Crippen molar-refractivity contribution in [2.75, 3.05) is 5.75 Å². The Bertz CT molecular complexity index is 226. The van der Waals surface area contributed by atoms with Crippen LogP contribution in [0, 0.1) is 5.41 Å². The summed E-state index contributed by atoms with van der Waals surface area (Å²) in [5.74, 6) is 1.07. The van der Waals surface area contributed by atoms with E-state index in [1.165, 1.54) is 32.1 Å². The highest BCUT2D eigenvalue weighted by Gasteiger charge is 2.42. The molecule has 94 valence electrons. The molecule has 1 unspecified atom stereocenters. The molecule has 1 N–H and O–H groups in total. The number of amides is 1. The highest BCUT2D eigenvalue weighted by molar-refractivity contribution is 7.80. The third-order valence-electron chi connectivity index (χ3n) is 3.48. The van der Waals surface area contributed by atoms with Gasteiger partial charge in [0, 0.05) is 12.5 Å². The zero-order chi connectivity index (χ0) is 12.0. The van der Waals surface area contributed by atoms with Crippen molar-refractivity contribution in [2.24, 2.45) is 5.41 Å². The van der Waals surface area contributed by atoms with Crippen molar-refractivity contribution in [2.45, 2.75) is 64.8 Å². The van der Waals surface area contributed by atoms with E-state index in [0.717, 1.165) is 12.2 Å². The molecule has 1 atom stereocenters. The molecule has 3 heteroatoms. The fourth-order valence-electron chi connectivity index (χ4n) is 2.01. The maximum absolute atomic E-state index is 11.8. The molecule has 1 amide bonds. The number of unbranched alkanes of at least 4 members (excludes halogenated alkanes) is 2. The van der Waals surface area contributed by atoms with Crippen LogP contribution in [0.25, 0.3) is 0 Å². The minimum Gasteiger partial charge on any atom is -0.354 e. The zero-order valence-electron chi connectivity index (χ0n) is 10.6. The highest BCUT2D eigenvalue weighted by Crippen LogP contribution is 2.49. The number of carbonyl (C=O) groups excluding carboxylic acids is 1. The van der Waals surface area contributed by atoms with E-state index in [1.807, 2.05) is 0 Å². The first kappa shape index (κ1) is 13.9. The van der Waals surface area contributed by atoms with E-state index in [9.17, 15) is 4.79 Å². The summed E-state index contributed by atoms with van der Waals surface area (Å²) in [4.78, 5) is 11.8. The van der Waals surface area contributed by atoms with Gasteiger partial charge in [0.1, 0.15) is 0 Å². The Kier molecular flexibility index (Phi) is 5.67. The summed E-state index contributed by atoms with van der Waals surface area (Å²) in [5.41, 5.74) is 0.246. The maximum atomic E-state index is 11.8. The third kappa shape index (κ3) is 4.77. The van der Waals surface area contributed by atoms with Gasteiger partial charge in [-0.3, -0.25) is 4.79 Å². The first-order valence-corrected chi connectivity index (χ1v) is 7.15. The second-order valence-corrected chi connectivity index (χ2v) is 5.62. The van der Waals surface area contributed by atoms with Crippen LogP contribution in [-0.4, -0.2) is 17.7 Å². The Morgan fingerprint density at radius 1 is 1.44 bits per heavy atom. The summed E-state index contributed by atoms with van der Waals surface area (Å²) in [6.07, 6.45) is 7.85. The molecule has 1 saturated carbocycles. The molecular weight excluding hydrogens is 218 g/mol. The fourth-order valence-corrected chi connectivity index (χ4v) is 2.43. The van der Waals surface area contributed by atoms with E-state index in [0.29, 0.717) is 12.5 Å². The van der Waals surface area contributed by atoms with Gasteiger partial charge in [-0.15, -0.1) is 0 Å². The van der Waals surface area contributed by atoms with Gasteiger partial charge in [-0.05, 0) is 37.4 Å². The first-order valence-electron chi connectivity index (χ1n) is 6.52. The van der Waals surface area contributed by atoms with Crippen LogP contribution in [0.3, 0.4) is 0 Å². The lowest BCUT2D eigenvalue weighted by atomic mass is 10.0. The predicted octanol–water partition coefficient (Wildman–Crippen LogP) is 3.17. The van der Waals surface area contributed by atoms with E-state index in [-0.39, 0.29) is 11.3 Å². The van der Waals surface area contributed by atoms with E-state index in [4.69, 9.17) is 0 Å². The van der Waals surface area contributed by atoms with Crippen molar-refractivity contribution >= 4 is 18.5 Å². The van der Waals surface area contributed by atoms with Crippen molar-refractivity contribution in [3.8, 4) is 0 Å². The molecule has 0 saturated heterocycles. The molecule has 0 aromatic rings. The molecule has 2 nitrogen and oxygen atoms in total. The van der Waals surface area contributed by atoms with Crippen LogP contribution in [0.15, 0.2) is 0 Å². The predicted molar refractivity (Wildman–Crippen MR) is 71.9 cm³/mol. The Balaban J connectivity index is 2.13. The number of thiol groups is 1. The lowest BCUT2D eigenvalue weighted by molar-refractivity contribution is -0.122. The Morgan fingerprint density at radius 2 is 2.12 bits per heavy atom. The van der Waals surface area contributed by atoms with Crippen LogP contribution in [0.4, 0.5) is 0 Å². The summed E-state index contributed by atoms with van der Waals surface area (Å²) < 4.78 is 0. The number of nitrogens with one attached hydrogen (secondary N) is 1. The minimum absolute atomic E-state index is 0.218. The largest absolute Gasteiger partial charge is 0.354 e. The van der Waals surface area contributed by atoms with Crippen molar-refractivity contribution in [3.63, 3.8) is 0 Å². The Morgan fingerprint density at radius 3 is 2.62 bits per heavy atom. The average molecular weight is 243 g/mol. The lowest BCUT2D eigenvalue weighted by Gasteiger charge is -2.16. The molecule has 0 spiro atoms. The van der Waals surface area contributed by atoms with Gasteiger partial charge in [-0.2, -0.15) is 12.6 Å². The Labute approximate surface area is 105 Å². The quantitative estimate of drug-likeness (QED) is 0.497.